The minimum Gasteiger partial charge on any atom is -0.330 e. The SMILES string of the molecule is CC(C)(C)OC(S)=S(C(C)(C)C)(C(C)(C)C)(C(C)(C)C)C(C)(C)C.[Mo]. The fraction of sp³-hybridized carbons (Fsp3) is 0.952. The van der Waals surface area contributed by atoms with Gasteiger partial charge in [-0.15, -0.1) is 12.6 Å². The van der Waals surface area contributed by atoms with Crippen LogP contribution in [0.3, 0.4) is 0 Å². The standard InChI is InChI=1S/C21H46OS2.Mo/c1-17(2,3)22-16(23)24(18(4,5)6,19(7,8)9,20(10,11)12)21(13,14)15;/h23H,1-15H3;. The molecule has 0 amide bonds. The molecule has 0 bridgehead atoms. The maximum atomic E-state index is 6.64. The third-order valence-corrected chi connectivity index (χ3v) is 17.4. The van der Waals surface area contributed by atoms with Gasteiger partial charge in [-0.1, -0.05) is 83.1 Å². The second kappa shape index (κ2) is 7.23. The van der Waals surface area contributed by atoms with Crippen molar-refractivity contribution < 1.29 is 25.8 Å². The van der Waals surface area contributed by atoms with E-state index in [4.69, 9.17) is 17.4 Å². The Morgan fingerprint density at radius 3 is 0.880 bits per heavy atom. The number of rotatable bonds is 0. The van der Waals surface area contributed by atoms with Crippen LogP contribution in [0.25, 0.3) is 0 Å². The van der Waals surface area contributed by atoms with Crippen molar-refractivity contribution in [3.63, 3.8) is 0 Å². The molecule has 0 fully saturated rings. The predicted molar refractivity (Wildman–Crippen MR) is 121 cm³/mol. The first-order valence-electron chi connectivity index (χ1n) is 9.15. The first-order chi connectivity index (χ1) is 9.99. The van der Waals surface area contributed by atoms with Crippen molar-refractivity contribution in [1.29, 1.82) is 0 Å². The van der Waals surface area contributed by atoms with Crippen LogP contribution in [0.4, 0.5) is 0 Å². The Labute approximate surface area is 179 Å². The maximum absolute atomic E-state index is 6.64. The van der Waals surface area contributed by atoms with E-state index in [1.807, 2.05) is 0 Å². The molecule has 0 aromatic rings. The van der Waals surface area contributed by atoms with Gasteiger partial charge in [-0.3, -0.25) is 0 Å². The van der Waals surface area contributed by atoms with Crippen molar-refractivity contribution in [2.24, 2.45) is 0 Å². The Morgan fingerprint density at radius 1 is 0.560 bits per heavy atom. The fourth-order valence-corrected chi connectivity index (χ4v) is 24.0. The molecule has 25 heavy (non-hydrogen) atoms. The molecular formula is C21H46MoOS2. The van der Waals surface area contributed by atoms with E-state index < -0.39 is 8.75 Å². The van der Waals surface area contributed by atoms with E-state index in [1.165, 1.54) is 0 Å². The van der Waals surface area contributed by atoms with Gasteiger partial charge < -0.3 is 4.74 Å². The topological polar surface area (TPSA) is 9.23 Å². The number of hydrogen-bond donors (Lipinski definition) is 1. The number of thiol groups is 1. The number of ether oxygens (including phenoxy) is 1. The normalized spacial score (nSPS) is 16.7. The molecule has 0 aliphatic heterocycles. The van der Waals surface area contributed by atoms with Crippen molar-refractivity contribution in [2.75, 3.05) is 0 Å². The van der Waals surface area contributed by atoms with Crippen LogP contribution in [0.2, 0.25) is 0 Å². The molecule has 1 nitrogen and oxygen atoms in total. The molecule has 0 spiro atoms. The molecule has 0 aromatic carbocycles. The van der Waals surface area contributed by atoms with Crippen molar-refractivity contribution >= 4 is 25.8 Å². The van der Waals surface area contributed by atoms with Gasteiger partial charge >= 0.3 is 0 Å². The van der Waals surface area contributed by atoms with E-state index in [-0.39, 0.29) is 45.7 Å². The molecule has 4 heteroatoms. The molecule has 154 valence electrons. The van der Waals surface area contributed by atoms with E-state index in [9.17, 15) is 0 Å². The van der Waals surface area contributed by atoms with Gasteiger partial charge in [0.05, 0.1) is 5.60 Å². The van der Waals surface area contributed by atoms with Crippen LogP contribution >= 0.6 is 21.4 Å². The van der Waals surface area contributed by atoms with Gasteiger partial charge in [0.25, 0.3) is 0 Å². The second-order valence-corrected chi connectivity index (χ2v) is 20.0. The van der Waals surface area contributed by atoms with E-state index in [2.05, 4.69) is 104 Å². The summed E-state index contributed by atoms with van der Waals surface area (Å²) in [5.41, 5.74) is -0.262. The van der Waals surface area contributed by atoms with Crippen LogP contribution in [0.1, 0.15) is 104 Å². The summed E-state index contributed by atoms with van der Waals surface area (Å²) in [6, 6.07) is 0. The maximum Gasteiger partial charge on any atom is 0.118 e. The largest absolute Gasteiger partial charge is 0.330 e. The van der Waals surface area contributed by atoms with Gasteiger partial charge in [0.1, 0.15) is 4.38 Å². The van der Waals surface area contributed by atoms with Crippen molar-refractivity contribution in [1.82, 2.24) is 0 Å². The summed E-state index contributed by atoms with van der Waals surface area (Å²) in [6.07, 6.45) is 0. The van der Waals surface area contributed by atoms with E-state index in [0.717, 1.165) is 4.38 Å². The summed E-state index contributed by atoms with van der Waals surface area (Å²) < 4.78 is 7.70. The molecule has 0 saturated heterocycles. The predicted octanol–water partition coefficient (Wildman–Crippen LogP) is 7.35. The Hall–Kier alpha value is 1.22. The first-order valence-corrected chi connectivity index (χ1v) is 11.6. The van der Waals surface area contributed by atoms with Gasteiger partial charge in [0.15, 0.2) is 0 Å². The van der Waals surface area contributed by atoms with Crippen molar-refractivity contribution in [3.05, 3.63) is 0 Å². The monoisotopic (exact) mass is 476 g/mol. The van der Waals surface area contributed by atoms with Gasteiger partial charge in [-0.05, 0) is 39.8 Å². The Balaban J connectivity index is 0. The second-order valence-electron chi connectivity index (χ2n) is 12.0. The Bertz CT molecular complexity index is 461. The van der Waals surface area contributed by atoms with Gasteiger partial charge in [-0.25, -0.2) is 0 Å². The zero-order valence-electron chi connectivity index (χ0n) is 19.7. The average molecular weight is 475 g/mol. The summed E-state index contributed by atoms with van der Waals surface area (Å²) in [7, 11) is -2.47. The molecule has 0 aliphatic carbocycles. The number of hydrogen-bond acceptors (Lipinski definition) is 1. The zero-order valence-corrected chi connectivity index (χ0v) is 23.4. The Kier molecular flexibility index (Phi) is 8.23. The molecule has 0 saturated carbocycles. The summed E-state index contributed by atoms with van der Waals surface area (Å²) in [6.45, 7) is 35.2. The molecule has 0 aromatic heterocycles. The van der Waals surface area contributed by atoms with Gasteiger partial charge in [0.2, 0.25) is 0 Å². The first kappa shape index (κ1) is 28.4. The van der Waals surface area contributed by atoms with Crippen LogP contribution in [-0.2, 0) is 25.8 Å². The molecule has 0 atom stereocenters. The molecule has 0 heterocycles. The molecule has 0 aliphatic rings. The molecule has 0 N–H and O–H groups in total. The third kappa shape index (κ3) is 3.51. The molecule has 0 rings (SSSR count). The zero-order chi connectivity index (χ0) is 20.2. The minimum atomic E-state index is -2.47. The van der Waals surface area contributed by atoms with Crippen molar-refractivity contribution in [3.8, 4) is 0 Å². The summed E-state index contributed by atoms with van der Waals surface area (Å²) in [5, 5.41) is 0. The van der Waals surface area contributed by atoms with Crippen LogP contribution in [0.5, 0.6) is 0 Å². The van der Waals surface area contributed by atoms with E-state index >= 15 is 0 Å². The van der Waals surface area contributed by atoms with E-state index in [0.29, 0.717) is 0 Å². The van der Waals surface area contributed by atoms with Crippen LogP contribution in [0.15, 0.2) is 0 Å². The van der Waals surface area contributed by atoms with E-state index in [1.54, 1.807) is 0 Å². The fourth-order valence-electron chi connectivity index (χ4n) is 6.90. The molecule has 0 unspecified atom stereocenters. The quantitative estimate of drug-likeness (QED) is 0.219. The summed E-state index contributed by atoms with van der Waals surface area (Å²) >= 11 is 5.21. The van der Waals surface area contributed by atoms with Crippen LogP contribution in [-0.4, -0.2) is 29.0 Å². The minimum absolute atomic E-state index is 0. The van der Waals surface area contributed by atoms with Crippen molar-refractivity contribution in [2.45, 2.75) is 128 Å². The van der Waals surface area contributed by atoms with Crippen LogP contribution in [0, 0.1) is 0 Å². The summed E-state index contributed by atoms with van der Waals surface area (Å²) in [5.74, 6) is 0. The average Bonchev–Trinajstić information content (AvgIpc) is 2.02. The Morgan fingerprint density at radius 2 is 0.760 bits per heavy atom. The third-order valence-electron chi connectivity index (χ3n) is 5.64. The van der Waals surface area contributed by atoms with Gasteiger partial charge in [0, 0.05) is 21.1 Å². The van der Waals surface area contributed by atoms with Crippen LogP contribution < -0.4 is 0 Å². The smallest absolute Gasteiger partial charge is 0.118 e. The molecular weight excluding hydrogens is 428 g/mol. The summed E-state index contributed by atoms with van der Waals surface area (Å²) in [4.78, 5) is 0. The molecule has 0 radical (unpaired) electrons. The van der Waals surface area contributed by atoms with Gasteiger partial charge in [-0.2, -0.15) is 8.75 Å².